The first-order valence-electron chi connectivity index (χ1n) is 6.89. The second-order valence-corrected chi connectivity index (χ2v) is 7.80. The van der Waals surface area contributed by atoms with Crippen molar-refractivity contribution in [2.75, 3.05) is 37.9 Å². The molecule has 0 aromatic heterocycles. The van der Waals surface area contributed by atoms with Gasteiger partial charge in [-0.1, -0.05) is 6.92 Å². The van der Waals surface area contributed by atoms with Crippen LogP contribution in [0, 0.1) is 5.92 Å². The predicted octanol–water partition coefficient (Wildman–Crippen LogP) is 0.644. The number of nitrogens with one attached hydrogen (secondary N) is 1. The Balaban J connectivity index is 1.76. The summed E-state index contributed by atoms with van der Waals surface area (Å²) in [6.07, 6.45) is 2.39. The third-order valence-electron chi connectivity index (χ3n) is 3.76. The monoisotopic (exact) mass is 310 g/mol. The fourth-order valence-electron chi connectivity index (χ4n) is 2.71. The standard InChI is InChI=1S/C12H23ClN2O3S/c1-10(5-13)9-19(16,17)14-6-12-7-15-4-2-3-11(15)8-18-12/h10-12,14H,2-9H2,1H3. The highest BCUT2D eigenvalue weighted by Crippen LogP contribution is 2.22. The van der Waals surface area contributed by atoms with Crippen LogP contribution in [-0.4, -0.2) is 63.3 Å². The van der Waals surface area contributed by atoms with Gasteiger partial charge in [0, 0.05) is 25.0 Å². The molecule has 112 valence electrons. The first-order valence-corrected chi connectivity index (χ1v) is 9.08. The molecule has 19 heavy (non-hydrogen) atoms. The molecule has 5 nitrogen and oxygen atoms in total. The third-order valence-corrected chi connectivity index (χ3v) is 5.90. The summed E-state index contributed by atoms with van der Waals surface area (Å²) < 4.78 is 32.0. The Kier molecular flexibility index (Phi) is 5.48. The molecular formula is C12H23ClN2O3S. The van der Waals surface area contributed by atoms with Crippen molar-refractivity contribution in [3.05, 3.63) is 0 Å². The van der Waals surface area contributed by atoms with Crippen molar-refractivity contribution in [2.24, 2.45) is 5.92 Å². The Bertz CT molecular complexity index is 390. The molecule has 0 amide bonds. The van der Waals surface area contributed by atoms with Crippen molar-refractivity contribution in [3.63, 3.8) is 0 Å². The van der Waals surface area contributed by atoms with E-state index in [0.29, 0.717) is 18.5 Å². The maximum atomic E-state index is 11.8. The zero-order valence-corrected chi connectivity index (χ0v) is 12.9. The minimum absolute atomic E-state index is 0.0320. The van der Waals surface area contributed by atoms with Crippen molar-refractivity contribution >= 4 is 21.6 Å². The molecule has 3 unspecified atom stereocenters. The van der Waals surface area contributed by atoms with Gasteiger partial charge in [-0.2, -0.15) is 0 Å². The van der Waals surface area contributed by atoms with E-state index < -0.39 is 10.0 Å². The molecular weight excluding hydrogens is 288 g/mol. The molecule has 2 aliphatic rings. The van der Waals surface area contributed by atoms with Crippen LogP contribution in [0.15, 0.2) is 0 Å². The summed E-state index contributed by atoms with van der Waals surface area (Å²) in [5.74, 6) is 0.403. The Hall–Kier alpha value is 0.120. The average molecular weight is 311 g/mol. The molecule has 7 heteroatoms. The van der Waals surface area contributed by atoms with Gasteiger partial charge >= 0.3 is 0 Å². The number of ether oxygens (including phenoxy) is 1. The second kappa shape index (κ2) is 6.72. The van der Waals surface area contributed by atoms with Crippen LogP contribution < -0.4 is 4.72 Å². The lowest BCUT2D eigenvalue weighted by Crippen LogP contribution is -2.50. The number of fused-ring (bicyclic) bond motifs is 1. The Labute approximate surface area is 120 Å². The fourth-order valence-corrected chi connectivity index (χ4v) is 4.37. The van der Waals surface area contributed by atoms with Gasteiger partial charge in [0.1, 0.15) is 0 Å². The van der Waals surface area contributed by atoms with E-state index >= 15 is 0 Å². The summed E-state index contributed by atoms with van der Waals surface area (Å²) in [5, 5.41) is 0. The minimum atomic E-state index is -3.25. The van der Waals surface area contributed by atoms with E-state index in [-0.39, 0.29) is 17.8 Å². The topological polar surface area (TPSA) is 58.6 Å². The van der Waals surface area contributed by atoms with Gasteiger partial charge in [-0.05, 0) is 25.3 Å². The van der Waals surface area contributed by atoms with Crippen LogP contribution in [-0.2, 0) is 14.8 Å². The summed E-state index contributed by atoms with van der Waals surface area (Å²) in [6, 6.07) is 0.545. The highest BCUT2D eigenvalue weighted by molar-refractivity contribution is 7.89. The number of nitrogens with zero attached hydrogens (tertiary/aromatic N) is 1. The molecule has 0 aliphatic carbocycles. The van der Waals surface area contributed by atoms with Crippen molar-refractivity contribution in [1.82, 2.24) is 9.62 Å². The number of halogens is 1. The highest BCUT2D eigenvalue weighted by atomic mass is 35.5. The van der Waals surface area contributed by atoms with Gasteiger partial charge in [0.2, 0.25) is 10.0 Å². The number of rotatable bonds is 6. The van der Waals surface area contributed by atoms with Gasteiger partial charge in [-0.3, -0.25) is 4.90 Å². The molecule has 2 aliphatic heterocycles. The first-order chi connectivity index (χ1) is 9.00. The Morgan fingerprint density at radius 3 is 3.05 bits per heavy atom. The first kappa shape index (κ1) is 15.5. The lowest BCUT2D eigenvalue weighted by molar-refractivity contribution is -0.0449. The largest absolute Gasteiger partial charge is 0.374 e. The van der Waals surface area contributed by atoms with E-state index in [0.717, 1.165) is 19.7 Å². The van der Waals surface area contributed by atoms with E-state index in [1.54, 1.807) is 0 Å². The molecule has 3 atom stereocenters. The van der Waals surface area contributed by atoms with Crippen LogP contribution in [0.5, 0.6) is 0 Å². The molecule has 1 N–H and O–H groups in total. The van der Waals surface area contributed by atoms with Crippen LogP contribution in [0.1, 0.15) is 19.8 Å². The predicted molar refractivity (Wildman–Crippen MR) is 76.0 cm³/mol. The van der Waals surface area contributed by atoms with Crippen LogP contribution in [0.2, 0.25) is 0 Å². The van der Waals surface area contributed by atoms with Gasteiger partial charge < -0.3 is 4.74 Å². The Morgan fingerprint density at radius 1 is 1.53 bits per heavy atom. The van der Waals surface area contributed by atoms with Gasteiger partial charge in [0.25, 0.3) is 0 Å². The molecule has 0 bridgehead atoms. The molecule has 2 rings (SSSR count). The zero-order chi connectivity index (χ0) is 13.9. The molecule has 0 aromatic carbocycles. The number of alkyl halides is 1. The SMILES string of the molecule is CC(CCl)CS(=O)(=O)NCC1CN2CCCC2CO1. The molecule has 0 radical (unpaired) electrons. The van der Waals surface area contributed by atoms with E-state index in [4.69, 9.17) is 16.3 Å². The van der Waals surface area contributed by atoms with Crippen molar-refractivity contribution in [1.29, 1.82) is 0 Å². The number of hydrogen-bond acceptors (Lipinski definition) is 4. The van der Waals surface area contributed by atoms with Gasteiger partial charge in [0.05, 0.1) is 18.5 Å². The van der Waals surface area contributed by atoms with Crippen LogP contribution >= 0.6 is 11.6 Å². The summed E-state index contributed by atoms with van der Waals surface area (Å²) in [5.41, 5.74) is 0. The van der Waals surface area contributed by atoms with Crippen LogP contribution in [0.25, 0.3) is 0 Å². The Morgan fingerprint density at radius 2 is 2.32 bits per heavy atom. The molecule has 0 spiro atoms. The lowest BCUT2D eigenvalue weighted by Gasteiger charge is -2.35. The fraction of sp³-hybridized carbons (Fsp3) is 1.00. The normalized spacial score (nSPS) is 30.2. The summed E-state index contributed by atoms with van der Waals surface area (Å²) in [6.45, 7) is 4.86. The number of sulfonamides is 1. The van der Waals surface area contributed by atoms with Crippen LogP contribution in [0.3, 0.4) is 0 Å². The molecule has 2 fully saturated rings. The summed E-state index contributed by atoms with van der Waals surface area (Å²) in [7, 11) is -3.25. The molecule has 2 heterocycles. The summed E-state index contributed by atoms with van der Waals surface area (Å²) in [4.78, 5) is 2.41. The zero-order valence-electron chi connectivity index (χ0n) is 11.3. The average Bonchev–Trinajstić information content (AvgIpc) is 2.83. The quantitative estimate of drug-likeness (QED) is 0.732. The maximum absolute atomic E-state index is 11.8. The van der Waals surface area contributed by atoms with E-state index in [9.17, 15) is 8.42 Å². The molecule has 2 saturated heterocycles. The van der Waals surface area contributed by atoms with E-state index in [1.807, 2.05) is 6.92 Å². The van der Waals surface area contributed by atoms with Gasteiger partial charge in [-0.15, -0.1) is 11.6 Å². The number of morpholine rings is 1. The van der Waals surface area contributed by atoms with E-state index in [2.05, 4.69) is 9.62 Å². The van der Waals surface area contributed by atoms with Crippen molar-refractivity contribution in [2.45, 2.75) is 31.9 Å². The van der Waals surface area contributed by atoms with Crippen molar-refractivity contribution < 1.29 is 13.2 Å². The maximum Gasteiger partial charge on any atom is 0.211 e. The smallest absolute Gasteiger partial charge is 0.211 e. The minimum Gasteiger partial charge on any atom is -0.374 e. The second-order valence-electron chi connectivity index (χ2n) is 5.64. The summed E-state index contributed by atoms with van der Waals surface area (Å²) >= 11 is 5.64. The van der Waals surface area contributed by atoms with Gasteiger partial charge in [-0.25, -0.2) is 13.1 Å². The van der Waals surface area contributed by atoms with Crippen LogP contribution in [0.4, 0.5) is 0 Å². The lowest BCUT2D eigenvalue weighted by atomic mass is 10.2. The van der Waals surface area contributed by atoms with Crippen molar-refractivity contribution in [3.8, 4) is 0 Å². The van der Waals surface area contributed by atoms with E-state index in [1.165, 1.54) is 12.8 Å². The molecule has 0 aromatic rings. The third kappa shape index (κ3) is 4.56. The van der Waals surface area contributed by atoms with Gasteiger partial charge in [0.15, 0.2) is 0 Å². The number of hydrogen-bond donors (Lipinski definition) is 1. The highest BCUT2D eigenvalue weighted by Gasteiger charge is 2.32. The molecule has 0 saturated carbocycles.